The minimum absolute atomic E-state index is 0.189. The summed E-state index contributed by atoms with van der Waals surface area (Å²) in [5.74, 6) is -0.774. The maximum absolute atomic E-state index is 14.7. The Morgan fingerprint density at radius 1 is 1.36 bits per heavy atom. The minimum atomic E-state index is -0.416. The average Bonchev–Trinajstić information content (AvgIpc) is 3.02. The van der Waals surface area contributed by atoms with E-state index in [1.807, 2.05) is 26.0 Å². The van der Waals surface area contributed by atoms with Crippen molar-refractivity contribution in [2.45, 2.75) is 26.8 Å². The van der Waals surface area contributed by atoms with Crippen molar-refractivity contribution in [3.05, 3.63) is 58.3 Å². The standard InChI is InChI=1S/C18H18FN5O/c1-10-7-11(2)24-17(22-10)14(9-21-24)18(25)23-15-4-3-12-8-20-6-5-13(12)16(15)19/h3-4,7,9,20H,5-6,8H2,1-2H3,(H,23,25). The first-order valence-electron chi connectivity index (χ1n) is 8.19. The number of hydrogen-bond donors (Lipinski definition) is 2. The van der Waals surface area contributed by atoms with Crippen LogP contribution in [0.4, 0.5) is 10.1 Å². The molecule has 1 aliphatic rings. The van der Waals surface area contributed by atoms with Crippen molar-refractivity contribution in [1.82, 2.24) is 19.9 Å². The van der Waals surface area contributed by atoms with Gasteiger partial charge in [-0.25, -0.2) is 13.9 Å². The van der Waals surface area contributed by atoms with E-state index in [0.717, 1.165) is 23.5 Å². The third-order valence-electron chi connectivity index (χ3n) is 4.48. The molecule has 3 heterocycles. The summed E-state index contributed by atoms with van der Waals surface area (Å²) >= 11 is 0. The van der Waals surface area contributed by atoms with Crippen LogP contribution in [0.1, 0.15) is 32.9 Å². The fourth-order valence-electron chi connectivity index (χ4n) is 3.25. The predicted molar refractivity (Wildman–Crippen MR) is 92.2 cm³/mol. The first-order valence-corrected chi connectivity index (χ1v) is 8.19. The van der Waals surface area contributed by atoms with Crippen LogP contribution in [-0.4, -0.2) is 27.0 Å². The van der Waals surface area contributed by atoms with Gasteiger partial charge in [0.25, 0.3) is 5.91 Å². The van der Waals surface area contributed by atoms with E-state index < -0.39 is 5.91 Å². The number of nitrogens with zero attached hydrogens (tertiary/aromatic N) is 3. The fraction of sp³-hybridized carbons (Fsp3) is 0.278. The third kappa shape index (κ3) is 2.66. The molecule has 1 aliphatic heterocycles. The summed E-state index contributed by atoms with van der Waals surface area (Å²) in [6.07, 6.45) is 2.08. The summed E-state index contributed by atoms with van der Waals surface area (Å²) < 4.78 is 16.3. The average molecular weight is 339 g/mol. The number of halogens is 1. The van der Waals surface area contributed by atoms with Gasteiger partial charge in [-0.1, -0.05) is 6.07 Å². The van der Waals surface area contributed by atoms with Crippen LogP contribution < -0.4 is 10.6 Å². The summed E-state index contributed by atoms with van der Waals surface area (Å²) in [7, 11) is 0. The van der Waals surface area contributed by atoms with Crippen LogP contribution in [0, 0.1) is 19.7 Å². The van der Waals surface area contributed by atoms with E-state index in [9.17, 15) is 9.18 Å². The second-order valence-electron chi connectivity index (χ2n) is 6.28. The van der Waals surface area contributed by atoms with Gasteiger partial charge in [0.05, 0.1) is 11.9 Å². The molecule has 0 spiro atoms. The van der Waals surface area contributed by atoms with Gasteiger partial charge in [-0.05, 0) is 50.1 Å². The number of benzene rings is 1. The second-order valence-corrected chi connectivity index (χ2v) is 6.28. The van der Waals surface area contributed by atoms with Gasteiger partial charge < -0.3 is 10.6 Å². The van der Waals surface area contributed by atoms with E-state index in [1.54, 1.807) is 10.6 Å². The molecule has 3 aromatic rings. The Kier molecular flexibility index (Phi) is 3.73. The molecule has 2 N–H and O–H groups in total. The number of nitrogens with one attached hydrogen (secondary N) is 2. The molecule has 0 saturated carbocycles. The molecule has 7 heteroatoms. The van der Waals surface area contributed by atoms with Gasteiger partial charge in [0.2, 0.25) is 0 Å². The number of carbonyl (C=O) groups is 1. The summed E-state index contributed by atoms with van der Waals surface area (Å²) in [6, 6.07) is 5.34. The maximum atomic E-state index is 14.7. The van der Waals surface area contributed by atoms with E-state index in [0.29, 0.717) is 29.7 Å². The highest BCUT2D eigenvalue weighted by Crippen LogP contribution is 2.25. The smallest absolute Gasteiger partial charge is 0.261 e. The SMILES string of the molecule is Cc1cc(C)n2ncc(C(=O)Nc3ccc4c(c3F)CCNC4)c2n1. The van der Waals surface area contributed by atoms with Crippen LogP contribution >= 0.6 is 0 Å². The van der Waals surface area contributed by atoms with Crippen molar-refractivity contribution in [1.29, 1.82) is 0 Å². The summed E-state index contributed by atoms with van der Waals surface area (Å²) in [5.41, 5.74) is 4.27. The Morgan fingerprint density at radius 3 is 3.04 bits per heavy atom. The van der Waals surface area contributed by atoms with Gasteiger partial charge in [-0.15, -0.1) is 0 Å². The lowest BCUT2D eigenvalue weighted by atomic mass is 9.99. The molecule has 0 aliphatic carbocycles. The van der Waals surface area contributed by atoms with Crippen LogP contribution in [0.2, 0.25) is 0 Å². The number of fused-ring (bicyclic) bond motifs is 2. The number of carbonyl (C=O) groups excluding carboxylic acids is 1. The second kappa shape index (κ2) is 5.93. The lowest BCUT2D eigenvalue weighted by molar-refractivity contribution is 0.102. The van der Waals surface area contributed by atoms with Crippen molar-refractivity contribution in [3.63, 3.8) is 0 Å². The normalized spacial score (nSPS) is 13.7. The summed E-state index contributed by atoms with van der Waals surface area (Å²) in [4.78, 5) is 17.0. The molecule has 4 rings (SSSR count). The Balaban J connectivity index is 1.69. The highest BCUT2D eigenvalue weighted by molar-refractivity contribution is 6.08. The van der Waals surface area contributed by atoms with Crippen LogP contribution in [0.5, 0.6) is 0 Å². The lowest BCUT2D eigenvalue weighted by Crippen LogP contribution is -2.25. The zero-order valence-electron chi connectivity index (χ0n) is 14.1. The number of anilines is 1. The number of aromatic nitrogens is 3. The minimum Gasteiger partial charge on any atom is -0.319 e. The molecule has 0 bridgehead atoms. The van der Waals surface area contributed by atoms with Gasteiger partial charge in [0.15, 0.2) is 5.65 Å². The van der Waals surface area contributed by atoms with E-state index in [1.165, 1.54) is 6.20 Å². The van der Waals surface area contributed by atoms with Crippen LogP contribution in [0.25, 0.3) is 5.65 Å². The molecule has 0 unspecified atom stereocenters. The first-order chi connectivity index (χ1) is 12.0. The van der Waals surface area contributed by atoms with Gasteiger partial charge in [0, 0.05) is 17.9 Å². The number of aryl methyl sites for hydroxylation is 2. The molecule has 6 nitrogen and oxygen atoms in total. The van der Waals surface area contributed by atoms with Crippen molar-refractivity contribution in [2.75, 3.05) is 11.9 Å². The number of amides is 1. The van der Waals surface area contributed by atoms with E-state index >= 15 is 0 Å². The van der Waals surface area contributed by atoms with Crippen molar-refractivity contribution >= 4 is 17.2 Å². The van der Waals surface area contributed by atoms with Crippen LogP contribution in [0.3, 0.4) is 0 Å². The van der Waals surface area contributed by atoms with Gasteiger partial charge in [-0.2, -0.15) is 5.10 Å². The molecule has 0 saturated heterocycles. The van der Waals surface area contributed by atoms with Crippen LogP contribution in [0.15, 0.2) is 24.4 Å². The molecular formula is C18H18FN5O. The van der Waals surface area contributed by atoms with E-state index in [4.69, 9.17) is 0 Å². The van der Waals surface area contributed by atoms with Gasteiger partial charge in [0.1, 0.15) is 11.4 Å². The van der Waals surface area contributed by atoms with Gasteiger partial charge >= 0.3 is 0 Å². The molecule has 0 fully saturated rings. The molecule has 128 valence electrons. The summed E-state index contributed by atoms with van der Waals surface area (Å²) in [6.45, 7) is 5.14. The Bertz CT molecular complexity index is 995. The maximum Gasteiger partial charge on any atom is 0.261 e. The van der Waals surface area contributed by atoms with Crippen molar-refractivity contribution < 1.29 is 9.18 Å². The topological polar surface area (TPSA) is 71.3 Å². The van der Waals surface area contributed by atoms with Crippen molar-refractivity contribution in [3.8, 4) is 0 Å². The predicted octanol–water partition coefficient (Wildman–Crippen LogP) is 2.38. The summed E-state index contributed by atoms with van der Waals surface area (Å²) in [5, 5.41) is 10.1. The quantitative estimate of drug-likeness (QED) is 0.752. The van der Waals surface area contributed by atoms with Gasteiger partial charge in [-0.3, -0.25) is 4.79 Å². The van der Waals surface area contributed by atoms with Crippen molar-refractivity contribution in [2.24, 2.45) is 0 Å². The molecule has 2 aromatic heterocycles. The van der Waals surface area contributed by atoms with E-state index in [-0.39, 0.29) is 11.5 Å². The van der Waals surface area contributed by atoms with E-state index in [2.05, 4.69) is 20.7 Å². The number of rotatable bonds is 2. The number of hydrogen-bond acceptors (Lipinski definition) is 4. The Labute approximate surface area is 144 Å². The molecule has 0 atom stereocenters. The zero-order chi connectivity index (χ0) is 17.6. The Morgan fingerprint density at radius 2 is 2.20 bits per heavy atom. The third-order valence-corrected chi connectivity index (χ3v) is 4.48. The molecule has 1 amide bonds. The Hall–Kier alpha value is -2.80. The highest BCUT2D eigenvalue weighted by atomic mass is 19.1. The molecular weight excluding hydrogens is 321 g/mol. The highest BCUT2D eigenvalue weighted by Gasteiger charge is 2.20. The lowest BCUT2D eigenvalue weighted by Gasteiger charge is -2.19. The monoisotopic (exact) mass is 339 g/mol. The fourth-order valence-corrected chi connectivity index (χ4v) is 3.25. The first kappa shape index (κ1) is 15.7. The zero-order valence-corrected chi connectivity index (χ0v) is 14.1. The largest absolute Gasteiger partial charge is 0.319 e. The molecule has 0 radical (unpaired) electrons. The van der Waals surface area contributed by atoms with Crippen LogP contribution in [-0.2, 0) is 13.0 Å². The molecule has 1 aromatic carbocycles. The molecule has 25 heavy (non-hydrogen) atoms.